The topological polar surface area (TPSA) is 84.9 Å². The molecule has 0 saturated heterocycles. The van der Waals surface area contributed by atoms with Gasteiger partial charge in [0.25, 0.3) is 0 Å². The summed E-state index contributed by atoms with van der Waals surface area (Å²) >= 11 is 0. The van der Waals surface area contributed by atoms with E-state index in [4.69, 9.17) is 9.47 Å². The van der Waals surface area contributed by atoms with Crippen LogP contribution in [-0.4, -0.2) is 49.7 Å². The second-order valence-corrected chi connectivity index (χ2v) is 8.07. The molecule has 1 aliphatic carbocycles. The molecule has 0 unspecified atom stereocenters. The van der Waals surface area contributed by atoms with Gasteiger partial charge in [-0.25, -0.2) is 0 Å². The van der Waals surface area contributed by atoms with E-state index in [1.807, 2.05) is 37.1 Å². The highest BCUT2D eigenvalue weighted by atomic mass is 16.5. The Kier molecular flexibility index (Phi) is 6.75. The van der Waals surface area contributed by atoms with E-state index in [-0.39, 0.29) is 29.6 Å². The van der Waals surface area contributed by atoms with Gasteiger partial charge in [0.2, 0.25) is 5.91 Å². The summed E-state index contributed by atoms with van der Waals surface area (Å²) in [5, 5.41) is 2.82. The molecule has 0 fully saturated rings. The van der Waals surface area contributed by atoms with Crippen molar-refractivity contribution in [3.05, 3.63) is 88.5 Å². The minimum absolute atomic E-state index is 0.0952. The van der Waals surface area contributed by atoms with Gasteiger partial charge in [-0.2, -0.15) is 0 Å². The molecule has 3 aromatic carbocycles. The van der Waals surface area contributed by atoms with Gasteiger partial charge in [-0.1, -0.05) is 42.5 Å². The van der Waals surface area contributed by atoms with Crippen LogP contribution in [0.3, 0.4) is 0 Å². The standard InChI is InChI=1S/C27H26N2O5/c1-4-34-22-13-12-17(14-23(22)33-3)15-29(2)16-24(30)28-21-11-7-10-20-25(21)27(32)19-9-6-5-8-18(19)26(20)31/h5-14H,4,15-16H2,1-3H3,(H,28,30). The summed E-state index contributed by atoms with van der Waals surface area (Å²) in [6.07, 6.45) is 0. The molecule has 34 heavy (non-hydrogen) atoms. The van der Waals surface area contributed by atoms with Gasteiger partial charge in [-0.3, -0.25) is 19.3 Å². The maximum atomic E-state index is 13.1. The number of hydrogen-bond acceptors (Lipinski definition) is 6. The molecular formula is C27H26N2O5. The number of hydrogen-bond donors (Lipinski definition) is 1. The number of benzene rings is 3. The minimum Gasteiger partial charge on any atom is -0.493 e. The largest absolute Gasteiger partial charge is 0.493 e. The fourth-order valence-electron chi connectivity index (χ4n) is 4.14. The van der Waals surface area contributed by atoms with Crippen molar-refractivity contribution in [1.82, 2.24) is 4.90 Å². The Morgan fingerprint density at radius 3 is 2.32 bits per heavy atom. The molecule has 4 rings (SSSR count). The smallest absolute Gasteiger partial charge is 0.238 e. The van der Waals surface area contributed by atoms with E-state index in [9.17, 15) is 14.4 Å². The van der Waals surface area contributed by atoms with E-state index < -0.39 is 0 Å². The van der Waals surface area contributed by atoms with Crippen molar-refractivity contribution in [2.24, 2.45) is 0 Å². The summed E-state index contributed by atoms with van der Waals surface area (Å²) in [6.45, 7) is 3.05. The van der Waals surface area contributed by atoms with E-state index in [0.717, 1.165) is 5.56 Å². The van der Waals surface area contributed by atoms with Crippen molar-refractivity contribution < 1.29 is 23.9 Å². The van der Waals surface area contributed by atoms with Crippen LogP contribution in [0.1, 0.15) is 44.3 Å². The van der Waals surface area contributed by atoms with Gasteiger partial charge in [0.15, 0.2) is 23.1 Å². The summed E-state index contributed by atoms with van der Waals surface area (Å²) < 4.78 is 10.9. The number of ketones is 2. The fraction of sp³-hybridized carbons (Fsp3) is 0.222. The maximum absolute atomic E-state index is 13.1. The fourth-order valence-corrected chi connectivity index (χ4v) is 4.14. The van der Waals surface area contributed by atoms with E-state index >= 15 is 0 Å². The highest BCUT2D eigenvalue weighted by Crippen LogP contribution is 2.32. The molecule has 7 heteroatoms. The number of anilines is 1. The molecule has 0 spiro atoms. The van der Waals surface area contributed by atoms with Crippen LogP contribution in [0.2, 0.25) is 0 Å². The second-order valence-electron chi connectivity index (χ2n) is 8.07. The molecule has 0 bridgehead atoms. The van der Waals surface area contributed by atoms with Crippen LogP contribution < -0.4 is 14.8 Å². The lowest BCUT2D eigenvalue weighted by molar-refractivity contribution is -0.117. The Morgan fingerprint density at radius 1 is 0.912 bits per heavy atom. The van der Waals surface area contributed by atoms with Crippen LogP contribution in [-0.2, 0) is 11.3 Å². The van der Waals surface area contributed by atoms with Gasteiger partial charge in [-0.15, -0.1) is 0 Å². The first-order chi connectivity index (χ1) is 16.4. The van der Waals surface area contributed by atoms with Crippen LogP contribution in [0.15, 0.2) is 60.7 Å². The van der Waals surface area contributed by atoms with E-state index in [1.54, 1.807) is 49.6 Å². The lowest BCUT2D eigenvalue weighted by atomic mass is 9.83. The van der Waals surface area contributed by atoms with Gasteiger partial charge in [0, 0.05) is 23.2 Å². The van der Waals surface area contributed by atoms with Crippen LogP contribution in [0.25, 0.3) is 0 Å². The number of fused-ring (bicyclic) bond motifs is 2. The lowest BCUT2D eigenvalue weighted by Gasteiger charge is -2.21. The second kappa shape index (κ2) is 9.89. The predicted octanol–water partition coefficient (Wildman–Crippen LogP) is 3.94. The average Bonchev–Trinajstić information content (AvgIpc) is 2.83. The third kappa shape index (κ3) is 4.56. The third-order valence-corrected chi connectivity index (χ3v) is 5.62. The summed E-state index contributed by atoms with van der Waals surface area (Å²) in [4.78, 5) is 40.7. The summed E-state index contributed by atoms with van der Waals surface area (Å²) in [5.41, 5.74) is 2.57. The Hall–Kier alpha value is -3.97. The van der Waals surface area contributed by atoms with Crippen molar-refractivity contribution in [2.75, 3.05) is 32.6 Å². The van der Waals surface area contributed by atoms with Crippen molar-refractivity contribution >= 4 is 23.2 Å². The SMILES string of the molecule is CCOc1ccc(CN(C)CC(=O)Nc2cccc3c2C(=O)c2ccccc2C3=O)cc1OC. The predicted molar refractivity (Wildman–Crippen MR) is 129 cm³/mol. The van der Waals surface area contributed by atoms with Gasteiger partial charge < -0.3 is 14.8 Å². The number of nitrogens with one attached hydrogen (secondary N) is 1. The number of ether oxygens (including phenoxy) is 2. The number of rotatable bonds is 8. The Balaban J connectivity index is 1.47. The van der Waals surface area contributed by atoms with Gasteiger partial charge >= 0.3 is 0 Å². The first-order valence-corrected chi connectivity index (χ1v) is 11.0. The first kappa shape index (κ1) is 23.2. The van der Waals surface area contributed by atoms with Crippen LogP contribution in [0.5, 0.6) is 11.5 Å². The number of methoxy groups -OCH3 is 1. The number of nitrogens with zero attached hydrogens (tertiary/aromatic N) is 1. The molecule has 1 N–H and O–H groups in total. The van der Waals surface area contributed by atoms with Gasteiger partial charge in [-0.05, 0) is 37.7 Å². The van der Waals surface area contributed by atoms with Gasteiger partial charge in [0.1, 0.15) is 0 Å². The molecule has 1 amide bonds. The molecule has 7 nitrogen and oxygen atoms in total. The maximum Gasteiger partial charge on any atom is 0.238 e. The average molecular weight is 459 g/mol. The molecule has 0 heterocycles. The normalized spacial score (nSPS) is 12.2. The zero-order valence-electron chi connectivity index (χ0n) is 19.4. The van der Waals surface area contributed by atoms with Crippen molar-refractivity contribution in [1.29, 1.82) is 0 Å². The summed E-state index contributed by atoms with van der Waals surface area (Å²) in [7, 11) is 3.41. The molecule has 1 aliphatic rings. The van der Waals surface area contributed by atoms with Crippen LogP contribution >= 0.6 is 0 Å². The molecule has 0 saturated carbocycles. The van der Waals surface area contributed by atoms with Crippen LogP contribution in [0, 0.1) is 0 Å². The molecule has 174 valence electrons. The van der Waals surface area contributed by atoms with Crippen molar-refractivity contribution in [2.45, 2.75) is 13.5 Å². The molecule has 0 aliphatic heterocycles. The lowest BCUT2D eigenvalue weighted by Crippen LogP contribution is -2.31. The number of likely N-dealkylation sites (N-methyl/N-ethyl adjacent to an activating group) is 1. The zero-order valence-corrected chi connectivity index (χ0v) is 19.4. The van der Waals surface area contributed by atoms with Crippen LogP contribution in [0.4, 0.5) is 5.69 Å². The van der Waals surface area contributed by atoms with E-state index in [2.05, 4.69) is 5.32 Å². The number of carbonyl (C=O) groups excluding carboxylic acids is 3. The molecule has 0 atom stereocenters. The molecule has 0 aromatic heterocycles. The van der Waals surface area contributed by atoms with Crippen molar-refractivity contribution in [3.8, 4) is 11.5 Å². The molecule has 3 aromatic rings. The number of amides is 1. The highest BCUT2D eigenvalue weighted by Gasteiger charge is 2.31. The first-order valence-electron chi connectivity index (χ1n) is 11.0. The van der Waals surface area contributed by atoms with Gasteiger partial charge in [0.05, 0.1) is 31.5 Å². The molecule has 0 radical (unpaired) electrons. The Morgan fingerprint density at radius 2 is 1.62 bits per heavy atom. The Bertz CT molecular complexity index is 1270. The quantitative estimate of drug-likeness (QED) is 0.431. The number of carbonyl (C=O) groups is 3. The van der Waals surface area contributed by atoms with E-state index in [0.29, 0.717) is 47.0 Å². The Labute approximate surface area is 198 Å². The molecular weight excluding hydrogens is 432 g/mol. The zero-order chi connectivity index (χ0) is 24.2. The monoisotopic (exact) mass is 458 g/mol. The van der Waals surface area contributed by atoms with Crippen molar-refractivity contribution in [3.63, 3.8) is 0 Å². The highest BCUT2D eigenvalue weighted by molar-refractivity contribution is 6.30. The third-order valence-electron chi connectivity index (χ3n) is 5.62. The minimum atomic E-state index is -0.284. The summed E-state index contributed by atoms with van der Waals surface area (Å²) in [6, 6.07) is 17.3. The van der Waals surface area contributed by atoms with E-state index in [1.165, 1.54) is 0 Å². The summed E-state index contributed by atoms with van der Waals surface area (Å²) in [5.74, 6) is 0.534.